The van der Waals surface area contributed by atoms with Crippen molar-refractivity contribution < 1.29 is 81.4 Å². The van der Waals surface area contributed by atoms with Gasteiger partial charge >= 0.3 is 41.9 Å². The molecule has 0 aromatic heterocycles. The zero-order valence-electron chi connectivity index (χ0n) is 52.8. The van der Waals surface area contributed by atoms with Gasteiger partial charge in [0, 0.05) is 119 Å². The molecule has 0 aromatic carbocycles. The minimum atomic E-state index is -1.50. The van der Waals surface area contributed by atoms with Crippen molar-refractivity contribution in [2.75, 3.05) is 62.4 Å². The summed E-state index contributed by atoms with van der Waals surface area (Å²) in [4.78, 5) is 141. The Balaban J connectivity index is 2.11. The quantitative estimate of drug-likeness (QED) is 0.0560. The monoisotopic (exact) mass is 1190 g/mol. The average Bonchev–Trinajstić information content (AvgIpc) is 1.58. The molecule has 5 heterocycles. The highest BCUT2D eigenvalue weighted by Gasteiger charge is 2.67. The van der Waals surface area contributed by atoms with Crippen LogP contribution in [0.3, 0.4) is 0 Å². The van der Waals surface area contributed by atoms with Crippen molar-refractivity contribution in [3.05, 3.63) is 33.9 Å². The van der Waals surface area contributed by atoms with Crippen molar-refractivity contribution in [2.24, 2.45) is 60.3 Å². The molecule has 5 aliphatic heterocycles. The summed E-state index contributed by atoms with van der Waals surface area (Å²) in [6.45, 7) is 19.6. The van der Waals surface area contributed by atoms with Gasteiger partial charge in [-0.2, -0.15) is 0 Å². The Kier molecular flexibility index (Phi) is 22.3. The van der Waals surface area contributed by atoms with E-state index in [-0.39, 0.29) is 102 Å². The topological polar surface area (TPSA) is 324 Å². The molecule has 85 heavy (non-hydrogen) atoms. The number of aliphatic hydroxyl groups excluding tert-OH is 1. The molecule has 1 fully saturated rings. The maximum atomic E-state index is 14.9. The molecule has 472 valence electrons. The third kappa shape index (κ3) is 14.5. The normalized spacial score (nSPS) is 30.0. The zero-order chi connectivity index (χ0) is 63.8. The number of fused-ring (bicyclic) bond motifs is 6. The molecule has 0 aliphatic carbocycles. The lowest BCUT2D eigenvalue weighted by atomic mass is 9.55. The number of nitrogens with one attached hydrogen (secondary N) is 4. The van der Waals surface area contributed by atoms with Crippen LogP contribution in [0.5, 0.6) is 0 Å². The van der Waals surface area contributed by atoms with Crippen molar-refractivity contribution in [1.82, 2.24) is 21.3 Å². The largest absolute Gasteiger partial charge is 0.469 e. The van der Waals surface area contributed by atoms with Crippen molar-refractivity contribution in [3.8, 4) is 0 Å². The summed E-state index contributed by atoms with van der Waals surface area (Å²) in [5.74, 6) is -7.64. The Hall–Kier alpha value is -6.98. The second kappa shape index (κ2) is 27.6. The van der Waals surface area contributed by atoms with Crippen LogP contribution in [0.4, 0.5) is 4.79 Å². The predicted molar refractivity (Wildman–Crippen MR) is 312 cm³/mol. The zero-order valence-corrected chi connectivity index (χ0v) is 52.8. The van der Waals surface area contributed by atoms with Crippen LogP contribution in [0.25, 0.3) is 0 Å². The number of aliphatic hydroxyl groups is 1. The molecule has 9 atom stereocenters. The molecule has 5 rings (SSSR count). The van der Waals surface area contributed by atoms with E-state index >= 15 is 0 Å². The number of alkyl carbamates (subject to hydrolysis) is 1. The van der Waals surface area contributed by atoms with E-state index in [1.165, 1.54) is 42.7 Å². The molecule has 5 N–H and O–H groups in total. The van der Waals surface area contributed by atoms with E-state index in [1.807, 2.05) is 48.5 Å². The minimum absolute atomic E-state index is 0.0211. The summed E-state index contributed by atoms with van der Waals surface area (Å²) < 4.78 is 37.4. The molecule has 0 saturated carbocycles. The summed E-state index contributed by atoms with van der Waals surface area (Å²) in [5.41, 5.74) is -3.88. The number of carbonyl (C=O) groups excluding carboxylic acids is 9. The number of hydrogen-bond acceptors (Lipinski definition) is 21. The first-order valence-corrected chi connectivity index (χ1v) is 29.0. The van der Waals surface area contributed by atoms with Crippen LogP contribution < -0.4 is 21.3 Å². The van der Waals surface area contributed by atoms with Crippen molar-refractivity contribution in [3.63, 3.8) is 0 Å². The lowest BCUT2D eigenvalue weighted by Crippen LogP contribution is -2.55. The first-order valence-electron chi connectivity index (χ1n) is 29.0. The number of esters is 6. The maximum absolute atomic E-state index is 14.9. The molecule has 24 heteroatoms. The van der Waals surface area contributed by atoms with Gasteiger partial charge in [0.1, 0.15) is 5.60 Å². The Bertz CT molecular complexity index is 2840. The summed E-state index contributed by atoms with van der Waals surface area (Å²) in [5, 5.41) is 22.0. The molecule has 0 aromatic rings. The van der Waals surface area contributed by atoms with Crippen LogP contribution in [0, 0.1) is 45.3 Å². The number of rotatable bonds is 24. The molecule has 1 saturated heterocycles. The molecular weight excluding hydrogens is 1100 g/mol. The molecule has 5 aliphatic rings. The number of aliphatic imine (C=N–C) groups is 3. The first kappa shape index (κ1) is 68.8. The number of methoxy groups -OCH3 is 6. The van der Waals surface area contributed by atoms with Crippen LogP contribution in [0.2, 0.25) is 0 Å². The standard InChI is InChI=1S/C61H91N7O17/c1-33-47-35(19-22-41(72)79-12)57(6,7)54(65-47)50(64-40(71)25-27-63-55(78)85-56(3,4)5)49-36(18-21-39(70)62-28-29-69)59(9,31-45(76)83-16)52(66-49)34(2)48-37(20-23-42(73)80-13)60(10,32-46(77)84-17)61(11,68-48)53-38(30-44(75)82-15)58(8,51(33)67-53)26-24-43(74)81-14/h35-38,53,66,69H,18-32H2,1-17H3,(H,62,70)(H,63,78)(H,64,71)/b47-33-,50-49+,52-34-/t35-,36-,37-,38+,53?,58-,59+,60+,61+/m1/s1. The fourth-order valence-corrected chi connectivity index (χ4v) is 13.6. The molecule has 0 radical (unpaired) electrons. The van der Waals surface area contributed by atoms with Gasteiger partial charge in [0.05, 0.1) is 91.5 Å². The number of hydrogen-bond donors (Lipinski definition) is 5. The third-order valence-electron chi connectivity index (χ3n) is 18.5. The average molecular weight is 1190 g/mol. The lowest BCUT2D eigenvalue weighted by Gasteiger charge is -2.48. The molecule has 0 spiro atoms. The highest BCUT2D eigenvalue weighted by atomic mass is 16.6. The van der Waals surface area contributed by atoms with Gasteiger partial charge in [-0.1, -0.05) is 34.6 Å². The fraction of sp³-hybridized carbons (Fsp3) is 0.705. The van der Waals surface area contributed by atoms with Gasteiger partial charge in [0.25, 0.3) is 0 Å². The summed E-state index contributed by atoms with van der Waals surface area (Å²) in [7, 11) is 7.62. The van der Waals surface area contributed by atoms with Crippen molar-refractivity contribution in [1.29, 1.82) is 0 Å². The predicted octanol–water partition coefficient (Wildman–Crippen LogP) is 5.83. The van der Waals surface area contributed by atoms with Gasteiger partial charge < -0.3 is 59.5 Å². The Morgan fingerprint density at radius 1 is 0.612 bits per heavy atom. The van der Waals surface area contributed by atoms with Gasteiger partial charge in [0.2, 0.25) is 11.8 Å². The van der Waals surface area contributed by atoms with Gasteiger partial charge in [-0.25, -0.2) is 4.79 Å². The number of allylic oxidation sites excluding steroid dienone is 6. The van der Waals surface area contributed by atoms with E-state index in [0.717, 1.165) is 0 Å². The molecular formula is C61H91N7O17. The highest BCUT2D eigenvalue weighted by molar-refractivity contribution is 6.12. The minimum Gasteiger partial charge on any atom is -0.469 e. The van der Waals surface area contributed by atoms with Crippen LogP contribution in [-0.4, -0.2) is 156 Å². The number of nitrogens with zero attached hydrogens (tertiary/aromatic N) is 3. The molecule has 1 unspecified atom stereocenters. The highest BCUT2D eigenvalue weighted by Crippen LogP contribution is 2.63. The van der Waals surface area contributed by atoms with Crippen molar-refractivity contribution in [2.45, 2.75) is 170 Å². The first-order chi connectivity index (χ1) is 39.7. The number of ether oxygens (including phenoxy) is 7. The maximum Gasteiger partial charge on any atom is 0.407 e. The summed E-state index contributed by atoms with van der Waals surface area (Å²) in [6, 6.07) is -1.01. The van der Waals surface area contributed by atoms with E-state index in [1.54, 1.807) is 27.7 Å². The van der Waals surface area contributed by atoms with Gasteiger partial charge in [-0.3, -0.25) is 53.3 Å². The van der Waals surface area contributed by atoms with Crippen LogP contribution in [0.15, 0.2) is 48.9 Å². The van der Waals surface area contributed by atoms with E-state index in [4.69, 9.17) is 48.1 Å². The Morgan fingerprint density at radius 2 is 1.16 bits per heavy atom. The van der Waals surface area contributed by atoms with Crippen LogP contribution >= 0.6 is 0 Å². The van der Waals surface area contributed by atoms with Gasteiger partial charge in [0.15, 0.2) is 0 Å². The van der Waals surface area contributed by atoms with E-state index < -0.39 is 116 Å². The summed E-state index contributed by atoms with van der Waals surface area (Å²) >= 11 is 0. The fourth-order valence-electron chi connectivity index (χ4n) is 13.6. The third-order valence-corrected chi connectivity index (χ3v) is 18.5. The Morgan fingerprint density at radius 3 is 1.73 bits per heavy atom. The van der Waals surface area contributed by atoms with Crippen molar-refractivity contribution >= 4 is 70.9 Å². The van der Waals surface area contributed by atoms with E-state index in [9.17, 15) is 48.3 Å². The van der Waals surface area contributed by atoms with E-state index in [0.29, 0.717) is 45.4 Å². The number of amides is 3. The molecule has 8 bridgehead atoms. The smallest absolute Gasteiger partial charge is 0.407 e. The second-order valence-electron chi connectivity index (χ2n) is 25.1. The van der Waals surface area contributed by atoms with Crippen LogP contribution in [-0.2, 0) is 71.5 Å². The summed E-state index contributed by atoms with van der Waals surface area (Å²) in [6.07, 6.45) is -2.07. The van der Waals surface area contributed by atoms with Crippen LogP contribution in [0.1, 0.15) is 153 Å². The van der Waals surface area contributed by atoms with Gasteiger partial charge in [-0.15, -0.1) is 0 Å². The SMILES string of the molecule is COC(=O)CC[C@@H]1/C2=C(\C)C3=NC([C@H](CC(=O)OC)[C@@]3(C)CCC(=O)OC)[C@]3(C)N=C(/C(C)=C4\N/C(=C(/NC(=O)CCNC(=O)OC(C)(C)C)C(=N2)C1(C)C)[C@@H](CCC(=O)NCCO)[C@]4(C)CC(=O)OC)[C@@H](CCC(=O)OC)[C@]3(C)CC(=O)OC. The van der Waals surface area contributed by atoms with E-state index in [2.05, 4.69) is 21.3 Å². The second-order valence-corrected chi connectivity index (χ2v) is 25.1. The molecule has 3 amide bonds. The molecule has 24 nitrogen and oxygen atoms in total. The van der Waals surface area contributed by atoms with Gasteiger partial charge in [-0.05, 0) is 78.4 Å². The lowest BCUT2D eigenvalue weighted by molar-refractivity contribution is -0.147. The number of carbonyl (C=O) groups is 9. The Labute approximate surface area is 498 Å².